The van der Waals surface area contributed by atoms with Crippen LogP contribution in [0, 0.1) is 22.7 Å². The molecule has 0 fully saturated rings. The van der Waals surface area contributed by atoms with Gasteiger partial charge in [-0.3, -0.25) is 0 Å². The number of fused-ring (bicyclic) bond motifs is 2. The van der Waals surface area contributed by atoms with Crippen LogP contribution in [0.2, 0.25) is 0 Å². The fourth-order valence-corrected chi connectivity index (χ4v) is 7.93. The number of carbonyl (C=O) groups is 1. The number of allylic oxidation sites excluding steroid dienone is 1. The molecule has 6 rings (SSSR count). The number of carboxylic acid groups (broad SMARTS) is 1. The van der Waals surface area contributed by atoms with Gasteiger partial charge in [0.05, 0.1) is 11.1 Å². The summed E-state index contributed by atoms with van der Waals surface area (Å²) in [7, 11) is 0. The molecule has 0 radical (unpaired) electrons. The van der Waals surface area contributed by atoms with Crippen molar-refractivity contribution in [3.8, 4) is 22.6 Å². The van der Waals surface area contributed by atoms with Gasteiger partial charge in [0.25, 0.3) is 0 Å². The molecule has 0 saturated carbocycles. The van der Waals surface area contributed by atoms with Crippen LogP contribution in [-0.4, -0.2) is 24.2 Å². The first-order valence-corrected chi connectivity index (χ1v) is 15.6. The lowest BCUT2D eigenvalue weighted by Crippen LogP contribution is -2.44. The third-order valence-electron chi connectivity index (χ3n) is 8.56. The number of thiophene rings is 2. The molecule has 7 nitrogen and oxygen atoms in total. The standard InChI is InChI=1S/C34H29N3O4S2/c1-33(2)9-11-37-12-10-34(3,4)28-29(37)25(33)16-19-15-24(32(40)41-30(19)28)27-8-6-22(43-27)13-20(17-35)26-7-5-23(42-26)14-21(18-36)31(38)39/h5-8,13-16H,9-12H2,1-4H3,(H,38,39)/b20-13+,21-14-. The van der Waals surface area contributed by atoms with Crippen LogP contribution in [0.4, 0.5) is 5.69 Å². The molecule has 216 valence electrons. The van der Waals surface area contributed by atoms with E-state index in [-0.39, 0.29) is 22.0 Å². The maximum atomic E-state index is 13.5. The number of hydrogen-bond donors (Lipinski definition) is 1. The van der Waals surface area contributed by atoms with Crippen molar-refractivity contribution >= 4 is 63.0 Å². The van der Waals surface area contributed by atoms with Gasteiger partial charge in [-0.05, 0) is 77.8 Å². The van der Waals surface area contributed by atoms with Crippen LogP contribution in [0.5, 0.6) is 0 Å². The third-order valence-corrected chi connectivity index (χ3v) is 10.7. The van der Waals surface area contributed by atoms with Gasteiger partial charge >= 0.3 is 11.6 Å². The van der Waals surface area contributed by atoms with Gasteiger partial charge in [0, 0.05) is 49.2 Å². The van der Waals surface area contributed by atoms with Gasteiger partial charge in [-0.1, -0.05) is 27.7 Å². The number of carboxylic acids is 1. The SMILES string of the molecule is CC1(C)CCN2CCC(C)(C)c3c2c1cc1cc(-c2ccc(/C=C(\C#N)c4ccc(/C=C(/C#N)C(=O)O)s4)s2)c(=O)oc31. The van der Waals surface area contributed by atoms with Crippen molar-refractivity contribution in [2.24, 2.45) is 0 Å². The van der Waals surface area contributed by atoms with Crippen molar-refractivity contribution in [2.75, 3.05) is 18.0 Å². The van der Waals surface area contributed by atoms with Crippen LogP contribution >= 0.6 is 22.7 Å². The molecule has 0 bridgehead atoms. The number of nitrogens with zero attached hydrogens (tertiary/aromatic N) is 3. The van der Waals surface area contributed by atoms with Crippen LogP contribution in [0.25, 0.3) is 39.1 Å². The molecular formula is C34H29N3O4S2. The minimum absolute atomic E-state index is 0.00827. The van der Waals surface area contributed by atoms with E-state index in [4.69, 9.17) is 14.8 Å². The molecule has 9 heteroatoms. The summed E-state index contributed by atoms with van der Waals surface area (Å²) in [6, 6.07) is 15.2. The molecule has 0 saturated heterocycles. The fraction of sp³-hybridized carbons (Fsp3) is 0.294. The molecular weight excluding hydrogens is 579 g/mol. The van der Waals surface area contributed by atoms with Gasteiger partial charge < -0.3 is 14.4 Å². The normalized spacial score (nSPS) is 17.3. The first-order chi connectivity index (χ1) is 20.4. The largest absolute Gasteiger partial charge is 0.477 e. The Balaban J connectivity index is 1.41. The van der Waals surface area contributed by atoms with Crippen molar-refractivity contribution in [3.63, 3.8) is 0 Å². The Morgan fingerprint density at radius 3 is 2.37 bits per heavy atom. The smallest absolute Gasteiger partial charge is 0.346 e. The van der Waals surface area contributed by atoms with Crippen LogP contribution in [-0.2, 0) is 15.6 Å². The average molecular weight is 608 g/mol. The van der Waals surface area contributed by atoms with Crippen molar-refractivity contribution in [1.82, 2.24) is 0 Å². The molecule has 0 aliphatic carbocycles. The van der Waals surface area contributed by atoms with E-state index in [1.807, 2.05) is 18.2 Å². The topological polar surface area (TPSA) is 118 Å². The van der Waals surface area contributed by atoms with Gasteiger partial charge in [0.1, 0.15) is 23.3 Å². The van der Waals surface area contributed by atoms with Gasteiger partial charge in [-0.15, -0.1) is 22.7 Å². The first kappa shape index (κ1) is 28.7. The van der Waals surface area contributed by atoms with Crippen molar-refractivity contribution < 1.29 is 14.3 Å². The predicted molar refractivity (Wildman–Crippen MR) is 172 cm³/mol. The van der Waals surface area contributed by atoms with E-state index in [1.54, 1.807) is 24.3 Å². The van der Waals surface area contributed by atoms with Gasteiger partial charge in [-0.2, -0.15) is 10.5 Å². The number of anilines is 1. The minimum atomic E-state index is -1.30. The highest BCUT2D eigenvalue weighted by Gasteiger charge is 2.42. The third kappa shape index (κ3) is 4.99. The van der Waals surface area contributed by atoms with E-state index in [9.17, 15) is 14.9 Å². The van der Waals surface area contributed by atoms with E-state index < -0.39 is 5.97 Å². The number of benzene rings is 1. The molecule has 4 aromatic rings. The highest BCUT2D eigenvalue weighted by Crippen LogP contribution is 2.51. The summed E-state index contributed by atoms with van der Waals surface area (Å²) in [5.74, 6) is -1.30. The molecule has 43 heavy (non-hydrogen) atoms. The second-order valence-electron chi connectivity index (χ2n) is 12.3. The average Bonchev–Trinajstić information content (AvgIpc) is 3.62. The molecule has 0 atom stereocenters. The summed E-state index contributed by atoms with van der Waals surface area (Å²) in [4.78, 5) is 29.9. The fourth-order valence-electron chi connectivity index (χ4n) is 6.06. The number of hydrogen-bond acceptors (Lipinski definition) is 8. The quantitative estimate of drug-likeness (QED) is 0.140. The zero-order valence-corrected chi connectivity index (χ0v) is 25.9. The molecule has 3 aromatic heterocycles. The first-order valence-electron chi connectivity index (χ1n) is 14.0. The summed E-state index contributed by atoms with van der Waals surface area (Å²) in [6.45, 7) is 11.1. The van der Waals surface area contributed by atoms with E-state index >= 15 is 0 Å². The Hall–Kier alpha value is -4.44. The number of nitriles is 2. The lowest BCUT2D eigenvalue weighted by molar-refractivity contribution is -0.132. The van der Waals surface area contributed by atoms with Crippen LogP contribution < -0.4 is 10.5 Å². The highest BCUT2D eigenvalue weighted by atomic mass is 32.1. The maximum absolute atomic E-state index is 13.5. The van der Waals surface area contributed by atoms with Crippen LogP contribution in [0.15, 0.2) is 51.2 Å². The summed E-state index contributed by atoms with van der Waals surface area (Å²) >= 11 is 2.62. The van der Waals surface area contributed by atoms with E-state index in [0.717, 1.165) is 46.6 Å². The molecule has 2 aliphatic heterocycles. The Labute approximate surface area is 257 Å². The molecule has 1 aromatic carbocycles. The maximum Gasteiger partial charge on any atom is 0.346 e. The Bertz CT molecular complexity index is 2020. The monoisotopic (exact) mass is 607 g/mol. The second-order valence-corrected chi connectivity index (χ2v) is 14.5. The number of rotatable bonds is 5. The summed E-state index contributed by atoms with van der Waals surface area (Å²) < 4.78 is 6.15. The Kier molecular flexibility index (Phi) is 6.92. The second kappa shape index (κ2) is 10.4. The van der Waals surface area contributed by atoms with E-state index in [1.165, 1.54) is 40.0 Å². The van der Waals surface area contributed by atoms with Crippen LogP contribution in [0.1, 0.15) is 66.3 Å². The Morgan fingerprint density at radius 2 is 1.67 bits per heavy atom. The van der Waals surface area contributed by atoms with Crippen LogP contribution in [0.3, 0.4) is 0 Å². The van der Waals surface area contributed by atoms with E-state index in [2.05, 4.69) is 44.7 Å². The highest BCUT2D eigenvalue weighted by molar-refractivity contribution is 7.16. The zero-order chi connectivity index (χ0) is 30.7. The Morgan fingerprint density at radius 1 is 0.977 bits per heavy atom. The summed E-state index contributed by atoms with van der Waals surface area (Å²) in [6.07, 6.45) is 5.10. The summed E-state index contributed by atoms with van der Waals surface area (Å²) in [5, 5.41) is 29.0. The lowest BCUT2D eigenvalue weighted by Gasteiger charge is -2.48. The predicted octanol–water partition coefficient (Wildman–Crippen LogP) is 7.81. The molecule has 0 amide bonds. The molecule has 0 unspecified atom stereocenters. The summed E-state index contributed by atoms with van der Waals surface area (Å²) in [5.41, 5.74) is 4.36. The van der Waals surface area contributed by atoms with Gasteiger partial charge in [0.2, 0.25) is 0 Å². The molecule has 5 heterocycles. The van der Waals surface area contributed by atoms with Gasteiger partial charge in [0.15, 0.2) is 0 Å². The lowest BCUT2D eigenvalue weighted by atomic mass is 9.69. The molecule has 1 N–H and O–H groups in total. The van der Waals surface area contributed by atoms with Crippen molar-refractivity contribution in [2.45, 2.75) is 51.4 Å². The zero-order valence-electron chi connectivity index (χ0n) is 24.3. The minimum Gasteiger partial charge on any atom is -0.477 e. The van der Waals surface area contributed by atoms with Crippen molar-refractivity contribution in [3.05, 3.63) is 78.1 Å². The molecule has 2 aliphatic rings. The molecule has 0 spiro atoms. The van der Waals surface area contributed by atoms with Gasteiger partial charge in [-0.25, -0.2) is 9.59 Å². The number of aliphatic carboxylic acids is 1. The van der Waals surface area contributed by atoms with Crippen molar-refractivity contribution in [1.29, 1.82) is 10.5 Å². The van der Waals surface area contributed by atoms with E-state index in [0.29, 0.717) is 26.5 Å².